The second-order valence-corrected chi connectivity index (χ2v) is 10.1. The van der Waals surface area contributed by atoms with Crippen molar-refractivity contribution in [2.75, 3.05) is 24.6 Å². The van der Waals surface area contributed by atoms with Crippen LogP contribution in [-0.2, 0) is 14.3 Å². The summed E-state index contributed by atoms with van der Waals surface area (Å²) in [6.45, 7) is 0.796. The van der Waals surface area contributed by atoms with Crippen LogP contribution in [0, 0.1) is 0 Å². The highest BCUT2D eigenvalue weighted by Gasteiger charge is 2.34. The fraction of sp³-hybridized carbons (Fsp3) is 0.233. The molecule has 2 heterocycles. The highest BCUT2D eigenvalue weighted by molar-refractivity contribution is 7.12. The van der Waals surface area contributed by atoms with Gasteiger partial charge in [0.1, 0.15) is 6.04 Å². The number of carbonyl (C=O) groups is 3. The van der Waals surface area contributed by atoms with Gasteiger partial charge < -0.3 is 15.4 Å². The zero-order valence-corrected chi connectivity index (χ0v) is 21.7. The summed E-state index contributed by atoms with van der Waals surface area (Å²) in [4.78, 5) is 42.5. The zero-order chi connectivity index (χ0) is 26.3. The SMILES string of the molecule is O=C(NCC(=O)N(c1cccc2ccccc12)[C@H](C(=O)NC[C@@H]1CCCO1)c1ccccc1)c1cccs1. The van der Waals surface area contributed by atoms with E-state index >= 15 is 0 Å². The van der Waals surface area contributed by atoms with E-state index in [9.17, 15) is 14.4 Å². The molecule has 1 saturated heterocycles. The number of ether oxygens (including phenoxy) is 1. The van der Waals surface area contributed by atoms with Crippen LogP contribution in [0.25, 0.3) is 10.8 Å². The smallest absolute Gasteiger partial charge is 0.261 e. The molecule has 1 aliphatic rings. The second kappa shape index (κ2) is 12.0. The average molecular weight is 528 g/mol. The first-order valence-corrected chi connectivity index (χ1v) is 13.6. The summed E-state index contributed by atoms with van der Waals surface area (Å²) in [7, 11) is 0. The molecule has 8 heteroatoms. The van der Waals surface area contributed by atoms with E-state index < -0.39 is 11.9 Å². The molecule has 0 aliphatic carbocycles. The number of thiophene rings is 1. The minimum absolute atomic E-state index is 0.0397. The third-order valence-corrected chi connectivity index (χ3v) is 7.46. The van der Waals surface area contributed by atoms with Gasteiger partial charge in [0.2, 0.25) is 11.8 Å². The quantitative estimate of drug-likeness (QED) is 0.330. The molecule has 3 aromatic carbocycles. The molecule has 5 rings (SSSR count). The lowest BCUT2D eigenvalue weighted by Crippen LogP contribution is -2.48. The Balaban J connectivity index is 1.52. The Kier molecular flexibility index (Phi) is 8.11. The molecule has 1 aromatic heterocycles. The van der Waals surface area contributed by atoms with Crippen molar-refractivity contribution in [3.05, 3.63) is 101 Å². The molecule has 194 valence electrons. The van der Waals surface area contributed by atoms with Gasteiger partial charge in [0.25, 0.3) is 5.91 Å². The Labute approximate surface area is 225 Å². The molecule has 7 nitrogen and oxygen atoms in total. The predicted molar refractivity (Wildman–Crippen MR) is 149 cm³/mol. The maximum Gasteiger partial charge on any atom is 0.261 e. The van der Waals surface area contributed by atoms with Crippen LogP contribution in [0.2, 0.25) is 0 Å². The molecule has 0 bridgehead atoms. The summed E-state index contributed by atoms with van der Waals surface area (Å²) >= 11 is 1.30. The topological polar surface area (TPSA) is 87.7 Å². The lowest BCUT2D eigenvalue weighted by Gasteiger charge is -2.32. The second-order valence-electron chi connectivity index (χ2n) is 9.12. The van der Waals surface area contributed by atoms with E-state index in [1.165, 1.54) is 16.2 Å². The van der Waals surface area contributed by atoms with Gasteiger partial charge in [0.15, 0.2) is 0 Å². The van der Waals surface area contributed by atoms with Crippen molar-refractivity contribution in [3.8, 4) is 0 Å². The molecule has 0 unspecified atom stereocenters. The molecule has 3 amide bonds. The first-order chi connectivity index (χ1) is 18.6. The summed E-state index contributed by atoms with van der Waals surface area (Å²) in [5.74, 6) is -1.03. The average Bonchev–Trinajstić information content (AvgIpc) is 3.68. The summed E-state index contributed by atoms with van der Waals surface area (Å²) in [6.07, 6.45) is 1.81. The number of hydrogen-bond acceptors (Lipinski definition) is 5. The minimum atomic E-state index is -0.949. The largest absolute Gasteiger partial charge is 0.376 e. The number of fused-ring (bicyclic) bond motifs is 1. The number of nitrogens with one attached hydrogen (secondary N) is 2. The molecule has 2 N–H and O–H groups in total. The maximum absolute atomic E-state index is 14.0. The summed E-state index contributed by atoms with van der Waals surface area (Å²) in [5.41, 5.74) is 1.27. The van der Waals surface area contributed by atoms with Gasteiger partial charge in [0.05, 0.1) is 23.2 Å². The van der Waals surface area contributed by atoms with Crippen molar-refractivity contribution < 1.29 is 19.1 Å². The fourth-order valence-corrected chi connectivity index (χ4v) is 5.38. The van der Waals surface area contributed by atoms with Gasteiger partial charge in [-0.1, -0.05) is 72.8 Å². The number of anilines is 1. The number of amides is 3. The van der Waals surface area contributed by atoms with Crippen molar-refractivity contribution in [2.24, 2.45) is 0 Å². The molecule has 1 fully saturated rings. The molecule has 0 radical (unpaired) electrons. The number of hydrogen-bond donors (Lipinski definition) is 2. The molecule has 0 spiro atoms. The fourth-order valence-electron chi connectivity index (χ4n) is 4.74. The van der Waals surface area contributed by atoms with Gasteiger partial charge in [-0.25, -0.2) is 0 Å². The van der Waals surface area contributed by atoms with E-state index in [4.69, 9.17) is 4.74 Å². The van der Waals surface area contributed by atoms with Gasteiger partial charge >= 0.3 is 0 Å². The van der Waals surface area contributed by atoms with Crippen LogP contribution in [0.5, 0.6) is 0 Å². The molecule has 38 heavy (non-hydrogen) atoms. The van der Waals surface area contributed by atoms with Gasteiger partial charge in [-0.2, -0.15) is 0 Å². The zero-order valence-electron chi connectivity index (χ0n) is 20.8. The minimum Gasteiger partial charge on any atom is -0.376 e. The molecule has 0 saturated carbocycles. The number of carbonyl (C=O) groups excluding carboxylic acids is 3. The third-order valence-electron chi connectivity index (χ3n) is 6.59. The van der Waals surface area contributed by atoms with Crippen LogP contribution in [0.1, 0.15) is 34.1 Å². The van der Waals surface area contributed by atoms with Crippen molar-refractivity contribution >= 4 is 45.5 Å². The maximum atomic E-state index is 14.0. The number of rotatable bonds is 9. The van der Waals surface area contributed by atoms with Crippen LogP contribution in [0.4, 0.5) is 5.69 Å². The van der Waals surface area contributed by atoms with Gasteiger partial charge in [-0.05, 0) is 41.3 Å². The Morgan fingerprint density at radius 3 is 2.47 bits per heavy atom. The van der Waals surface area contributed by atoms with Crippen molar-refractivity contribution in [1.29, 1.82) is 0 Å². The predicted octanol–water partition coefficient (Wildman–Crippen LogP) is 4.70. The monoisotopic (exact) mass is 527 g/mol. The first kappa shape index (κ1) is 25.6. The van der Waals surface area contributed by atoms with Crippen LogP contribution in [0.15, 0.2) is 90.3 Å². The lowest BCUT2D eigenvalue weighted by atomic mass is 10.0. The molecular formula is C30H29N3O4S. The first-order valence-electron chi connectivity index (χ1n) is 12.7. The highest BCUT2D eigenvalue weighted by atomic mass is 32.1. The van der Waals surface area contributed by atoms with E-state index in [0.717, 1.165) is 23.6 Å². The molecular weight excluding hydrogens is 498 g/mol. The van der Waals surface area contributed by atoms with Crippen molar-refractivity contribution in [2.45, 2.75) is 25.0 Å². The number of nitrogens with zero attached hydrogens (tertiary/aromatic N) is 1. The standard InChI is InChI=1S/C30H29N3O4S/c34-27(20-32-29(35)26-16-8-18-38-26)33(25-15-6-12-21-9-4-5-14-24(21)25)28(22-10-2-1-3-11-22)30(36)31-19-23-13-7-17-37-23/h1-6,8-12,14-16,18,23,28H,7,13,17,19-20H2,(H,31,36)(H,32,35)/t23-,28-/m0/s1. The molecule has 4 aromatic rings. The van der Waals surface area contributed by atoms with Crippen LogP contribution < -0.4 is 15.5 Å². The normalized spacial score (nSPS) is 15.6. The van der Waals surface area contributed by atoms with Crippen LogP contribution >= 0.6 is 11.3 Å². The van der Waals surface area contributed by atoms with Crippen LogP contribution in [-0.4, -0.2) is 43.5 Å². The van der Waals surface area contributed by atoms with Gasteiger partial charge in [-0.3, -0.25) is 19.3 Å². The third kappa shape index (κ3) is 5.77. The van der Waals surface area contributed by atoms with Crippen LogP contribution in [0.3, 0.4) is 0 Å². The Bertz CT molecular complexity index is 1400. The molecule has 2 atom stereocenters. The van der Waals surface area contributed by atoms with Gasteiger partial charge in [0, 0.05) is 18.5 Å². The van der Waals surface area contributed by atoms with E-state index in [0.29, 0.717) is 29.3 Å². The van der Waals surface area contributed by atoms with Gasteiger partial charge in [-0.15, -0.1) is 11.3 Å². The Hall–Kier alpha value is -4.01. The lowest BCUT2D eigenvalue weighted by molar-refractivity contribution is -0.126. The van der Waals surface area contributed by atoms with E-state index in [1.807, 2.05) is 78.2 Å². The summed E-state index contributed by atoms with van der Waals surface area (Å²) < 4.78 is 5.70. The highest BCUT2D eigenvalue weighted by Crippen LogP contribution is 2.34. The van der Waals surface area contributed by atoms with E-state index in [-0.39, 0.29) is 24.5 Å². The Morgan fingerprint density at radius 2 is 1.71 bits per heavy atom. The van der Waals surface area contributed by atoms with Crippen molar-refractivity contribution in [1.82, 2.24) is 10.6 Å². The molecule has 1 aliphatic heterocycles. The summed E-state index contributed by atoms with van der Waals surface area (Å²) in [5, 5.41) is 9.34. The van der Waals surface area contributed by atoms with E-state index in [1.54, 1.807) is 12.1 Å². The van der Waals surface area contributed by atoms with Crippen molar-refractivity contribution in [3.63, 3.8) is 0 Å². The summed E-state index contributed by atoms with van der Waals surface area (Å²) in [6, 6.07) is 25.2. The number of benzene rings is 3. The Morgan fingerprint density at radius 1 is 0.921 bits per heavy atom. The van der Waals surface area contributed by atoms with E-state index in [2.05, 4.69) is 10.6 Å².